The molecule has 4 rings (SSSR count). The molecule has 2 aromatic rings. The van der Waals surface area contributed by atoms with E-state index in [0.717, 1.165) is 25.9 Å². The predicted octanol–water partition coefficient (Wildman–Crippen LogP) is 2.95. The zero-order valence-electron chi connectivity index (χ0n) is 13.4. The van der Waals surface area contributed by atoms with Gasteiger partial charge in [-0.15, -0.1) is 0 Å². The Labute approximate surface area is 148 Å². The molecule has 0 unspecified atom stereocenters. The SMILES string of the molecule is CN1C(=O)C(Br)=C(N2CCC(c3cc4ccccc4[nH]3)CC2)C1=O. The number of halogens is 1. The highest BCUT2D eigenvalue weighted by atomic mass is 79.9. The Morgan fingerprint density at radius 1 is 1.12 bits per heavy atom. The van der Waals surface area contributed by atoms with Crippen molar-refractivity contribution in [2.24, 2.45) is 0 Å². The van der Waals surface area contributed by atoms with E-state index < -0.39 is 0 Å². The third-order valence-electron chi connectivity index (χ3n) is 5.01. The number of likely N-dealkylation sites (N-methyl/N-ethyl adjacent to an activating group) is 1. The van der Waals surface area contributed by atoms with Gasteiger partial charge in [-0.25, -0.2) is 0 Å². The maximum atomic E-state index is 12.3. The number of aromatic nitrogens is 1. The predicted molar refractivity (Wildman–Crippen MR) is 95.6 cm³/mol. The Hall–Kier alpha value is -2.08. The largest absolute Gasteiger partial charge is 0.366 e. The van der Waals surface area contributed by atoms with Gasteiger partial charge in [0.25, 0.3) is 11.8 Å². The van der Waals surface area contributed by atoms with Crippen molar-refractivity contribution >= 4 is 38.6 Å². The van der Waals surface area contributed by atoms with Gasteiger partial charge in [0.15, 0.2) is 0 Å². The molecule has 2 aliphatic heterocycles. The second-order valence-electron chi connectivity index (χ2n) is 6.41. The summed E-state index contributed by atoms with van der Waals surface area (Å²) in [6.07, 6.45) is 1.92. The number of amides is 2. The molecule has 6 heteroatoms. The van der Waals surface area contributed by atoms with Crippen molar-refractivity contribution in [2.75, 3.05) is 20.1 Å². The number of piperidine rings is 1. The summed E-state index contributed by atoms with van der Waals surface area (Å²) in [5.74, 6) is -0.0124. The summed E-state index contributed by atoms with van der Waals surface area (Å²) in [5, 5.41) is 1.23. The van der Waals surface area contributed by atoms with Gasteiger partial charge in [-0.1, -0.05) is 18.2 Å². The van der Waals surface area contributed by atoms with Crippen LogP contribution in [-0.2, 0) is 9.59 Å². The number of carbonyl (C=O) groups is 2. The number of benzene rings is 1. The minimum atomic E-state index is -0.257. The number of nitrogens with zero attached hydrogens (tertiary/aromatic N) is 2. The number of aromatic amines is 1. The Bertz CT molecular complexity index is 829. The van der Waals surface area contributed by atoms with Gasteiger partial charge >= 0.3 is 0 Å². The number of nitrogens with one attached hydrogen (secondary N) is 1. The molecule has 1 aromatic carbocycles. The Morgan fingerprint density at radius 2 is 1.83 bits per heavy atom. The highest BCUT2D eigenvalue weighted by molar-refractivity contribution is 9.12. The number of rotatable bonds is 2. The number of carbonyl (C=O) groups excluding carboxylic acids is 2. The first-order valence-corrected chi connectivity index (χ1v) is 8.90. The molecule has 0 spiro atoms. The molecule has 0 bridgehead atoms. The van der Waals surface area contributed by atoms with Crippen LogP contribution < -0.4 is 0 Å². The highest BCUT2D eigenvalue weighted by Crippen LogP contribution is 2.34. The third-order valence-corrected chi connectivity index (χ3v) is 5.72. The molecular formula is C18H18BrN3O2. The van der Waals surface area contributed by atoms with Gasteiger partial charge in [-0.05, 0) is 46.3 Å². The number of hydrogen-bond donors (Lipinski definition) is 1. The molecule has 1 fully saturated rings. The minimum absolute atomic E-state index is 0.212. The highest BCUT2D eigenvalue weighted by Gasteiger charge is 2.38. The van der Waals surface area contributed by atoms with E-state index in [4.69, 9.17) is 0 Å². The lowest BCUT2D eigenvalue weighted by molar-refractivity contribution is -0.136. The lowest BCUT2D eigenvalue weighted by Crippen LogP contribution is -2.37. The normalized spacial score (nSPS) is 19.9. The van der Waals surface area contributed by atoms with E-state index in [1.807, 2.05) is 17.0 Å². The first kappa shape index (κ1) is 15.4. The van der Waals surface area contributed by atoms with Crippen molar-refractivity contribution in [1.82, 2.24) is 14.8 Å². The monoisotopic (exact) mass is 387 g/mol. The summed E-state index contributed by atoms with van der Waals surface area (Å²) < 4.78 is 0.388. The van der Waals surface area contributed by atoms with Crippen molar-refractivity contribution in [1.29, 1.82) is 0 Å². The molecular weight excluding hydrogens is 370 g/mol. The van der Waals surface area contributed by atoms with Crippen LogP contribution in [0.2, 0.25) is 0 Å². The standard InChI is InChI=1S/C18H18BrN3O2/c1-21-17(23)15(19)16(18(21)24)22-8-6-11(7-9-22)14-10-12-4-2-3-5-13(12)20-14/h2-5,10-11,20H,6-9H2,1H3. The average molecular weight is 388 g/mol. The van der Waals surface area contributed by atoms with Crippen molar-refractivity contribution in [3.8, 4) is 0 Å². The molecule has 1 aromatic heterocycles. The van der Waals surface area contributed by atoms with E-state index in [2.05, 4.69) is 39.1 Å². The van der Waals surface area contributed by atoms with E-state index in [1.54, 1.807) is 0 Å². The molecule has 2 aliphatic rings. The van der Waals surface area contributed by atoms with Crippen LogP contribution >= 0.6 is 15.9 Å². The van der Waals surface area contributed by atoms with Crippen LogP contribution in [0.4, 0.5) is 0 Å². The number of likely N-dealkylation sites (tertiary alicyclic amines) is 1. The first-order chi connectivity index (χ1) is 11.6. The van der Waals surface area contributed by atoms with Gasteiger partial charge in [-0.3, -0.25) is 14.5 Å². The molecule has 3 heterocycles. The van der Waals surface area contributed by atoms with Gasteiger partial charge in [-0.2, -0.15) is 0 Å². The lowest BCUT2D eigenvalue weighted by atomic mass is 9.93. The molecule has 0 radical (unpaired) electrons. The number of fused-ring (bicyclic) bond motifs is 1. The Morgan fingerprint density at radius 3 is 2.46 bits per heavy atom. The lowest BCUT2D eigenvalue weighted by Gasteiger charge is -2.33. The summed E-state index contributed by atoms with van der Waals surface area (Å²) in [5.41, 5.74) is 2.94. The van der Waals surface area contributed by atoms with Crippen LogP contribution in [0.5, 0.6) is 0 Å². The molecule has 124 valence electrons. The van der Waals surface area contributed by atoms with E-state index in [1.165, 1.54) is 28.5 Å². The summed E-state index contributed by atoms with van der Waals surface area (Å²) in [4.78, 5) is 30.9. The van der Waals surface area contributed by atoms with E-state index >= 15 is 0 Å². The minimum Gasteiger partial charge on any atom is -0.366 e. The van der Waals surface area contributed by atoms with Crippen molar-refractivity contribution in [2.45, 2.75) is 18.8 Å². The van der Waals surface area contributed by atoms with E-state index in [0.29, 0.717) is 16.1 Å². The quantitative estimate of drug-likeness (QED) is 0.805. The second-order valence-corrected chi connectivity index (χ2v) is 7.20. The maximum absolute atomic E-state index is 12.3. The maximum Gasteiger partial charge on any atom is 0.278 e. The van der Waals surface area contributed by atoms with E-state index in [9.17, 15) is 9.59 Å². The fourth-order valence-electron chi connectivity index (χ4n) is 3.60. The Balaban J connectivity index is 1.51. The van der Waals surface area contributed by atoms with Crippen LogP contribution in [0.1, 0.15) is 24.5 Å². The smallest absolute Gasteiger partial charge is 0.278 e. The number of H-pyrrole nitrogens is 1. The van der Waals surface area contributed by atoms with Crippen LogP contribution in [0.15, 0.2) is 40.5 Å². The molecule has 0 saturated carbocycles. The molecule has 0 atom stereocenters. The molecule has 24 heavy (non-hydrogen) atoms. The zero-order valence-corrected chi connectivity index (χ0v) is 15.0. The fourth-order valence-corrected chi connectivity index (χ4v) is 4.28. The van der Waals surface area contributed by atoms with Gasteiger partial charge < -0.3 is 9.88 Å². The molecule has 2 amide bonds. The number of hydrogen-bond acceptors (Lipinski definition) is 3. The number of imide groups is 1. The van der Waals surface area contributed by atoms with Crippen LogP contribution in [0, 0.1) is 0 Å². The van der Waals surface area contributed by atoms with E-state index in [-0.39, 0.29) is 11.8 Å². The van der Waals surface area contributed by atoms with Crippen LogP contribution in [0.25, 0.3) is 10.9 Å². The topological polar surface area (TPSA) is 56.4 Å². The average Bonchev–Trinajstić information content (AvgIpc) is 3.11. The molecule has 0 aliphatic carbocycles. The van der Waals surface area contributed by atoms with Crippen molar-refractivity contribution < 1.29 is 9.59 Å². The number of para-hydroxylation sites is 1. The van der Waals surface area contributed by atoms with Gasteiger partial charge in [0.2, 0.25) is 0 Å². The Kier molecular flexibility index (Phi) is 3.72. The van der Waals surface area contributed by atoms with Crippen LogP contribution in [-0.4, -0.2) is 46.7 Å². The summed E-state index contributed by atoms with van der Waals surface area (Å²) in [7, 11) is 1.52. The second kappa shape index (κ2) is 5.77. The van der Waals surface area contributed by atoms with Crippen LogP contribution in [0.3, 0.4) is 0 Å². The van der Waals surface area contributed by atoms with Crippen molar-refractivity contribution in [3.63, 3.8) is 0 Å². The van der Waals surface area contributed by atoms with Gasteiger partial charge in [0.1, 0.15) is 10.2 Å². The molecule has 5 nitrogen and oxygen atoms in total. The third kappa shape index (κ3) is 2.36. The fraction of sp³-hybridized carbons (Fsp3) is 0.333. The molecule has 1 saturated heterocycles. The summed E-state index contributed by atoms with van der Waals surface area (Å²) in [6, 6.07) is 10.5. The molecule has 1 N–H and O–H groups in total. The van der Waals surface area contributed by atoms with Gasteiger partial charge in [0, 0.05) is 37.3 Å². The first-order valence-electron chi connectivity index (χ1n) is 8.11. The summed E-state index contributed by atoms with van der Waals surface area (Å²) >= 11 is 3.29. The summed E-state index contributed by atoms with van der Waals surface area (Å²) in [6.45, 7) is 1.55. The van der Waals surface area contributed by atoms with Crippen molar-refractivity contribution in [3.05, 3.63) is 46.2 Å². The van der Waals surface area contributed by atoms with Gasteiger partial charge in [0.05, 0.1) is 0 Å². The zero-order chi connectivity index (χ0) is 16.8.